The van der Waals surface area contributed by atoms with Crippen LogP contribution >= 0.6 is 0 Å². The van der Waals surface area contributed by atoms with Crippen LogP contribution in [0.15, 0.2) is 36.4 Å². The lowest BCUT2D eigenvalue weighted by Crippen LogP contribution is -2.22. The molecule has 1 N–H and O–H groups in total. The number of phenols is 1. The predicted octanol–water partition coefficient (Wildman–Crippen LogP) is 4.42. The van der Waals surface area contributed by atoms with Crippen molar-refractivity contribution >= 4 is 12.2 Å². The van der Waals surface area contributed by atoms with Gasteiger partial charge in [-0.1, -0.05) is 38.1 Å². The van der Waals surface area contributed by atoms with Crippen LogP contribution in [-0.2, 0) is 6.54 Å². The third kappa shape index (κ3) is 5.00. The minimum atomic E-state index is 0.343. The quantitative estimate of drug-likeness (QED) is 0.722. The predicted molar refractivity (Wildman–Crippen MR) is 103 cm³/mol. The number of methoxy groups -OCH3 is 2. The summed E-state index contributed by atoms with van der Waals surface area (Å²) in [6.07, 6.45) is 4.06. The van der Waals surface area contributed by atoms with Crippen molar-refractivity contribution in [1.82, 2.24) is 4.90 Å². The fraction of sp³-hybridized carbons (Fsp3) is 0.333. The third-order valence-corrected chi connectivity index (χ3v) is 4.27. The monoisotopic (exact) mass is 341 g/mol. The molecule has 0 aromatic heterocycles. The van der Waals surface area contributed by atoms with Gasteiger partial charge < -0.3 is 14.6 Å². The number of rotatable bonds is 8. The Balaban J connectivity index is 2.21. The van der Waals surface area contributed by atoms with E-state index in [0.717, 1.165) is 36.3 Å². The van der Waals surface area contributed by atoms with E-state index in [1.807, 2.05) is 42.5 Å². The highest BCUT2D eigenvalue weighted by atomic mass is 16.5. The minimum absolute atomic E-state index is 0.343. The molecule has 4 heteroatoms. The number of ether oxygens (including phenoxy) is 2. The summed E-state index contributed by atoms with van der Waals surface area (Å²) in [5.74, 6) is 1.76. The van der Waals surface area contributed by atoms with Crippen molar-refractivity contribution < 1.29 is 14.6 Å². The molecule has 0 radical (unpaired) electrons. The summed E-state index contributed by atoms with van der Waals surface area (Å²) < 4.78 is 10.6. The van der Waals surface area contributed by atoms with Crippen molar-refractivity contribution in [1.29, 1.82) is 0 Å². The fourth-order valence-electron chi connectivity index (χ4n) is 2.67. The summed E-state index contributed by atoms with van der Waals surface area (Å²) in [5.41, 5.74) is 3.02. The molecule has 0 bridgehead atoms. The largest absolute Gasteiger partial charge is 0.508 e. The number of benzene rings is 2. The Kier molecular flexibility index (Phi) is 6.90. The van der Waals surface area contributed by atoms with Crippen LogP contribution in [0.1, 0.15) is 30.5 Å². The lowest BCUT2D eigenvalue weighted by atomic mass is 10.1. The van der Waals surface area contributed by atoms with E-state index in [9.17, 15) is 5.11 Å². The van der Waals surface area contributed by atoms with Crippen molar-refractivity contribution in [2.24, 2.45) is 0 Å². The van der Waals surface area contributed by atoms with E-state index in [4.69, 9.17) is 9.47 Å². The topological polar surface area (TPSA) is 41.9 Å². The first kappa shape index (κ1) is 18.9. The second-order valence-corrected chi connectivity index (χ2v) is 5.80. The van der Waals surface area contributed by atoms with Gasteiger partial charge in [0.25, 0.3) is 0 Å². The summed E-state index contributed by atoms with van der Waals surface area (Å²) in [7, 11) is 3.26. The molecule has 0 unspecified atom stereocenters. The van der Waals surface area contributed by atoms with E-state index >= 15 is 0 Å². The molecular weight excluding hydrogens is 314 g/mol. The standard InChI is InChI=1S/C21H27NO3/c1-5-22(6-2)15-18-13-16(9-11-19(18)23)7-8-17-10-12-20(24-3)21(14-17)25-4/h7-14,23H,5-6,15H2,1-4H3. The van der Waals surface area contributed by atoms with Gasteiger partial charge in [0, 0.05) is 12.1 Å². The second-order valence-electron chi connectivity index (χ2n) is 5.80. The molecule has 0 heterocycles. The van der Waals surface area contributed by atoms with Crippen LogP contribution in [0.4, 0.5) is 0 Å². The van der Waals surface area contributed by atoms with Crippen molar-refractivity contribution in [3.63, 3.8) is 0 Å². The molecule has 0 aliphatic rings. The smallest absolute Gasteiger partial charge is 0.161 e. The van der Waals surface area contributed by atoms with Gasteiger partial charge in [-0.2, -0.15) is 0 Å². The van der Waals surface area contributed by atoms with Crippen molar-refractivity contribution in [2.45, 2.75) is 20.4 Å². The van der Waals surface area contributed by atoms with Crippen molar-refractivity contribution in [3.05, 3.63) is 53.1 Å². The van der Waals surface area contributed by atoms with Gasteiger partial charge in [0.15, 0.2) is 11.5 Å². The molecule has 2 aromatic rings. The van der Waals surface area contributed by atoms with E-state index in [2.05, 4.69) is 18.7 Å². The van der Waals surface area contributed by atoms with E-state index in [-0.39, 0.29) is 0 Å². The van der Waals surface area contributed by atoms with Gasteiger partial charge in [-0.25, -0.2) is 0 Å². The van der Waals surface area contributed by atoms with Gasteiger partial charge in [-0.15, -0.1) is 0 Å². The number of hydrogen-bond donors (Lipinski definition) is 1. The Bertz CT molecular complexity index is 721. The highest BCUT2D eigenvalue weighted by Crippen LogP contribution is 2.28. The number of phenolic OH excluding ortho intramolecular Hbond substituents is 1. The maximum atomic E-state index is 10.1. The van der Waals surface area contributed by atoms with Crippen molar-refractivity contribution in [3.8, 4) is 17.2 Å². The number of nitrogens with zero attached hydrogens (tertiary/aromatic N) is 1. The summed E-state index contributed by atoms with van der Waals surface area (Å²) in [6.45, 7) is 6.92. The molecule has 0 atom stereocenters. The maximum absolute atomic E-state index is 10.1. The molecule has 0 fully saturated rings. The molecule has 0 aliphatic heterocycles. The minimum Gasteiger partial charge on any atom is -0.508 e. The summed E-state index contributed by atoms with van der Waals surface area (Å²) in [5, 5.41) is 10.1. The van der Waals surface area contributed by atoms with E-state index in [1.165, 1.54) is 0 Å². The molecule has 2 rings (SSSR count). The first-order chi connectivity index (χ1) is 12.1. The van der Waals surface area contributed by atoms with Crippen LogP contribution in [0.5, 0.6) is 17.2 Å². The number of aromatic hydroxyl groups is 1. The Labute approximate surface area is 150 Å². The van der Waals surface area contributed by atoms with Crippen LogP contribution in [0.3, 0.4) is 0 Å². The second kappa shape index (κ2) is 9.14. The van der Waals surface area contributed by atoms with Gasteiger partial charge in [0.05, 0.1) is 14.2 Å². The average Bonchev–Trinajstić information content (AvgIpc) is 2.65. The molecule has 0 amide bonds. The van der Waals surface area contributed by atoms with Crippen molar-refractivity contribution in [2.75, 3.05) is 27.3 Å². The Hall–Kier alpha value is -2.46. The van der Waals surface area contributed by atoms with E-state index in [0.29, 0.717) is 17.2 Å². The van der Waals surface area contributed by atoms with Crippen LogP contribution in [0.2, 0.25) is 0 Å². The Morgan fingerprint density at radius 3 is 2.08 bits per heavy atom. The van der Waals surface area contributed by atoms with Gasteiger partial charge in [-0.3, -0.25) is 4.90 Å². The lowest BCUT2D eigenvalue weighted by molar-refractivity contribution is 0.291. The molecule has 4 nitrogen and oxygen atoms in total. The first-order valence-corrected chi connectivity index (χ1v) is 8.55. The Morgan fingerprint density at radius 2 is 1.48 bits per heavy atom. The van der Waals surface area contributed by atoms with Gasteiger partial charge in [0.1, 0.15) is 5.75 Å². The summed E-state index contributed by atoms with van der Waals surface area (Å²) >= 11 is 0. The molecule has 0 aliphatic carbocycles. The molecule has 0 saturated heterocycles. The highest BCUT2D eigenvalue weighted by molar-refractivity contribution is 5.71. The molecule has 0 spiro atoms. The van der Waals surface area contributed by atoms with Gasteiger partial charge >= 0.3 is 0 Å². The van der Waals surface area contributed by atoms with Crippen LogP contribution in [0.25, 0.3) is 12.2 Å². The molecule has 2 aromatic carbocycles. The normalized spacial score (nSPS) is 11.2. The van der Waals surface area contributed by atoms with Crippen LogP contribution in [-0.4, -0.2) is 37.3 Å². The molecule has 134 valence electrons. The summed E-state index contributed by atoms with van der Waals surface area (Å²) in [4.78, 5) is 2.27. The zero-order valence-corrected chi connectivity index (χ0v) is 15.5. The number of hydrogen-bond acceptors (Lipinski definition) is 4. The van der Waals surface area contributed by atoms with Crippen LogP contribution < -0.4 is 9.47 Å². The molecule has 25 heavy (non-hydrogen) atoms. The lowest BCUT2D eigenvalue weighted by Gasteiger charge is -2.18. The van der Waals surface area contributed by atoms with E-state index < -0.39 is 0 Å². The Morgan fingerprint density at radius 1 is 0.880 bits per heavy atom. The molecule has 0 saturated carbocycles. The average molecular weight is 341 g/mol. The third-order valence-electron chi connectivity index (χ3n) is 4.27. The zero-order chi connectivity index (χ0) is 18.2. The van der Waals surface area contributed by atoms with Gasteiger partial charge in [-0.05, 0) is 48.5 Å². The zero-order valence-electron chi connectivity index (χ0n) is 15.5. The molecular formula is C21H27NO3. The van der Waals surface area contributed by atoms with E-state index in [1.54, 1.807) is 20.3 Å². The highest BCUT2D eigenvalue weighted by Gasteiger charge is 2.07. The SMILES string of the molecule is CCN(CC)Cc1cc(C=Cc2ccc(OC)c(OC)c2)ccc1O. The fourth-order valence-corrected chi connectivity index (χ4v) is 2.67. The summed E-state index contributed by atoms with van der Waals surface area (Å²) in [6, 6.07) is 11.5. The first-order valence-electron chi connectivity index (χ1n) is 8.55. The van der Waals surface area contributed by atoms with Crippen LogP contribution in [0, 0.1) is 0 Å². The maximum Gasteiger partial charge on any atom is 0.161 e. The van der Waals surface area contributed by atoms with Gasteiger partial charge in [0.2, 0.25) is 0 Å².